The van der Waals surface area contributed by atoms with E-state index in [1.54, 1.807) is 14.1 Å². The number of rotatable bonds is 7. The van der Waals surface area contributed by atoms with Gasteiger partial charge in [0.15, 0.2) is 6.61 Å². The lowest BCUT2D eigenvalue weighted by molar-refractivity contribution is -0.131. The molecule has 2 amide bonds. The van der Waals surface area contributed by atoms with Crippen molar-refractivity contribution in [3.05, 3.63) is 29.8 Å². The molecule has 0 fully saturated rings. The summed E-state index contributed by atoms with van der Waals surface area (Å²) < 4.78 is 29.7. The summed E-state index contributed by atoms with van der Waals surface area (Å²) in [5, 5.41) is 2.32. The minimum atomic E-state index is -3.59. The molecule has 25 heavy (non-hydrogen) atoms. The van der Waals surface area contributed by atoms with Crippen LogP contribution in [0.15, 0.2) is 29.2 Å². The first-order valence-corrected chi connectivity index (χ1v) is 8.66. The summed E-state index contributed by atoms with van der Waals surface area (Å²) in [6.07, 6.45) is 0. The van der Waals surface area contributed by atoms with E-state index in [0.717, 1.165) is 4.31 Å². The lowest BCUT2D eigenvalue weighted by Crippen LogP contribution is -2.38. The standard InChI is InChI=1S/C15H21N3O6S/c1-17(2)14(20)9-16-13(19)10-24-15(21)11-5-7-12(8-6-11)25(22,23)18(3)4/h5-8H,9-10H2,1-4H3,(H,16,19). The Balaban J connectivity index is 2.58. The first-order chi connectivity index (χ1) is 11.6. The topological polar surface area (TPSA) is 113 Å². The number of nitrogens with zero attached hydrogens (tertiary/aromatic N) is 2. The van der Waals surface area contributed by atoms with Crippen molar-refractivity contribution in [2.24, 2.45) is 0 Å². The summed E-state index contributed by atoms with van der Waals surface area (Å²) in [5.74, 6) is -1.68. The van der Waals surface area contributed by atoms with E-state index in [9.17, 15) is 22.8 Å². The molecule has 0 heterocycles. The second-order valence-corrected chi connectivity index (χ2v) is 7.60. The average Bonchev–Trinajstić information content (AvgIpc) is 2.57. The van der Waals surface area contributed by atoms with E-state index in [2.05, 4.69) is 5.32 Å². The molecule has 0 radical (unpaired) electrons. The molecule has 0 aromatic heterocycles. The lowest BCUT2D eigenvalue weighted by Gasteiger charge is -2.12. The Kier molecular flexibility index (Phi) is 7.07. The van der Waals surface area contributed by atoms with E-state index in [-0.39, 0.29) is 22.9 Å². The number of esters is 1. The molecule has 1 rings (SSSR count). The van der Waals surface area contributed by atoms with Crippen LogP contribution in [0.4, 0.5) is 0 Å². The average molecular weight is 371 g/mol. The quantitative estimate of drug-likeness (QED) is 0.634. The first kappa shape index (κ1) is 20.6. The Morgan fingerprint density at radius 2 is 1.60 bits per heavy atom. The van der Waals surface area contributed by atoms with Gasteiger partial charge in [0, 0.05) is 28.2 Å². The lowest BCUT2D eigenvalue weighted by atomic mass is 10.2. The predicted molar refractivity (Wildman–Crippen MR) is 89.3 cm³/mol. The van der Waals surface area contributed by atoms with E-state index in [1.807, 2.05) is 0 Å². The third kappa shape index (κ3) is 5.84. The summed E-state index contributed by atoms with van der Waals surface area (Å²) in [6.45, 7) is -0.738. The van der Waals surface area contributed by atoms with Crippen molar-refractivity contribution in [3.8, 4) is 0 Å². The molecule has 0 aliphatic carbocycles. The molecule has 0 atom stereocenters. The van der Waals surface area contributed by atoms with Crippen molar-refractivity contribution in [2.75, 3.05) is 41.3 Å². The second-order valence-electron chi connectivity index (χ2n) is 5.45. The van der Waals surface area contributed by atoms with Crippen LogP contribution in [0.1, 0.15) is 10.4 Å². The van der Waals surface area contributed by atoms with Gasteiger partial charge in [0.25, 0.3) is 5.91 Å². The molecule has 138 valence electrons. The fraction of sp³-hybridized carbons (Fsp3) is 0.400. The molecule has 0 bridgehead atoms. The van der Waals surface area contributed by atoms with Gasteiger partial charge in [-0.25, -0.2) is 17.5 Å². The van der Waals surface area contributed by atoms with Gasteiger partial charge >= 0.3 is 5.97 Å². The molecule has 0 aliphatic heterocycles. The summed E-state index contributed by atoms with van der Waals surface area (Å²) in [6, 6.07) is 5.15. The maximum atomic E-state index is 11.9. The smallest absolute Gasteiger partial charge is 0.338 e. The third-order valence-electron chi connectivity index (χ3n) is 3.14. The van der Waals surface area contributed by atoms with Crippen LogP contribution in [0.5, 0.6) is 0 Å². The highest BCUT2D eigenvalue weighted by Crippen LogP contribution is 2.14. The molecule has 1 aromatic carbocycles. The van der Waals surface area contributed by atoms with Crippen LogP contribution in [0.2, 0.25) is 0 Å². The molecular formula is C15H21N3O6S. The van der Waals surface area contributed by atoms with Crippen LogP contribution in [0.25, 0.3) is 0 Å². The highest BCUT2D eigenvalue weighted by molar-refractivity contribution is 7.89. The van der Waals surface area contributed by atoms with Crippen LogP contribution >= 0.6 is 0 Å². The predicted octanol–water partition coefficient (Wildman–Crippen LogP) is -0.702. The Bertz CT molecular complexity index is 741. The number of hydrogen-bond donors (Lipinski definition) is 1. The fourth-order valence-electron chi connectivity index (χ4n) is 1.57. The van der Waals surface area contributed by atoms with Crippen molar-refractivity contribution >= 4 is 27.8 Å². The molecule has 0 saturated carbocycles. The SMILES string of the molecule is CN(C)C(=O)CNC(=O)COC(=O)c1ccc(S(=O)(=O)N(C)C)cc1. The van der Waals surface area contributed by atoms with Gasteiger partial charge in [-0.1, -0.05) is 0 Å². The second kappa shape index (κ2) is 8.58. The Morgan fingerprint density at radius 3 is 2.08 bits per heavy atom. The maximum absolute atomic E-state index is 11.9. The molecule has 1 aromatic rings. The Morgan fingerprint density at radius 1 is 1.04 bits per heavy atom. The summed E-state index contributed by atoms with van der Waals surface area (Å²) >= 11 is 0. The fourth-order valence-corrected chi connectivity index (χ4v) is 2.47. The summed E-state index contributed by atoms with van der Waals surface area (Å²) in [4.78, 5) is 36.0. The van der Waals surface area contributed by atoms with Crippen molar-refractivity contribution in [2.45, 2.75) is 4.90 Å². The van der Waals surface area contributed by atoms with Crippen molar-refractivity contribution in [3.63, 3.8) is 0 Å². The number of ether oxygens (including phenoxy) is 1. The van der Waals surface area contributed by atoms with E-state index in [4.69, 9.17) is 4.74 Å². The highest BCUT2D eigenvalue weighted by atomic mass is 32.2. The van der Waals surface area contributed by atoms with E-state index in [1.165, 1.54) is 43.3 Å². The van der Waals surface area contributed by atoms with E-state index < -0.39 is 28.5 Å². The Labute approximate surface area is 146 Å². The van der Waals surface area contributed by atoms with E-state index in [0.29, 0.717) is 0 Å². The number of likely N-dealkylation sites (N-methyl/N-ethyl adjacent to an activating group) is 1. The number of amides is 2. The van der Waals surface area contributed by atoms with Gasteiger partial charge in [-0.15, -0.1) is 0 Å². The van der Waals surface area contributed by atoms with Crippen molar-refractivity contribution in [1.82, 2.24) is 14.5 Å². The Hall–Kier alpha value is -2.46. The van der Waals surface area contributed by atoms with Crippen LogP contribution in [0.3, 0.4) is 0 Å². The van der Waals surface area contributed by atoms with Gasteiger partial charge < -0.3 is 15.0 Å². The van der Waals surface area contributed by atoms with Crippen molar-refractivity contribution < 1.29 is 27.5 Å². The third-order valence-corrected chi connectivity index (χ3v) is 4.97. The van der Waals surface area contributed by atoms with Gasteiger partial charge in [0.2, 0.25) is 15.9 Å². The molecule has 1 N–H and O–H groups in total. The number of sulfonamides is 1. The van der Waals surface area contributed by atoms with Crippen LogP contribution in [-0.2, 0) is 24.3 Å². The van der Waals surface area contributed by atoms with Crippen LogP contribution in [-0.4, -0.2) is 76.7 Å². The zero-order valence-electron chi connectivity index (χ0n) is 14.5. The highest BCUT2D eigenvalue weighted by Gasteiger charge is 2.18. The van der Waals surface area contributed by atoms with Crippen molar-refractivity contribution in [1.29, 1.82) is 0 Å². The first-order valence-electron chi connectivity index (χ1n) is 7.22. The largest absolute Gasteiger partial charge is 0.452 e. The molecule has 10 heteroatoms. The minimum absolute atomic E-state index is 0.0361. The van der Waals surface area contributed by atoms with Crippen LogP contribution < -0.4 is 5.32 Å². The number of carbonyl (C=O) groups is 3. The number of nitrogens with one attached hydrogen (secondary N) is 1. The molecule has 0 spiro atoms. The molecule has 9 nitrogen and oxygen atoms in total. The zero-order valence-corrected chi connectivity index (χ0v) is 15.3. The summed E-state index contributed by atoms with van der Waals surface area (Å²) in [7, 11) is 2.31. The monoisotopic (exact) mass is 371 g/mol. The van der Waals surface area contributed by atoms with Gasteiger partial charge in [0.1, 0.15) is 0 Å². The molecule has 0 saturated heterocycles. The maximum Gasteiger partial charge on any atom is 0.338 e. The minimum Gasteiger partial charge on any atom is -0.452 e. The molecule has 0 aliphatic rings. The normalized spacial score (nSPS) is 11.1. The van der Waals surface area contributed by atoms with Crippen LogP contribution in [0, 0.1) is 0 Å². The number of benzene rings is 1. The van der Waals surface area contributed by atoms with Gasteiger partial charge in [0.05, 0.1) is 17.0 Å². The molecular weight excluding hydrogens is 350 g/mol. The zero-order chi connectivity index (χ0) is 19.2. The van der Waals surface area contributed by atoms with E-state index >= 15 is 0 Å². The number of hydrogen-bond acceptors (Lipinski definition) is 6. The van der Waals surface area contributed by atoms with Gasteiger partial charge in [-0.05, 0) is 24.3 Å². The molecule has 0 unspecified atom stereocenters. The number of carbonyl (C=O) groups excluding carboxylic acids is 3. The van der Waals surface area contributed by atoms with Gasteiger partial charge in [-0.3, -0.25) is 9.59 Å². The van der Waals surface area contributed by atoms with Gasteiger partial charge in [-0.2, -0.15) is 0 Å². The summed E-state index contributed by atoms with van der Waals surface area (Å²) in [5.41, 5.74) is 0.106.